The molecule has 0 saturated heterocycles. The average molecular weight is 269 g/mol. The Morgan fingerprint density at radius 2 is 2.29 bits per heavy atom. The Morgan fingerprint density at radius 3 is 2.94 bits per heavy atom. The zero-order chi connectivity index (χ0) is 12.3. The normalized spacial score (nSPS) is 10.7. The Balaban J connectivity index is 2.05. The van der Waals surface area contributed by atoms with Gasteiger partial charge in [-0.1, -0.05) is 23.9 Å². The molecule has 17 heavy (non-hydrogen) atoms. The number of thioether (sulfide) groups is 1. The maximum atomic E-state index is 9.36. The molecule has 0 aliphatic rings. The molecule has 90 valence electrons. The van der Waals surface area contributed by atoms with Gasteiger partial charge >= 0.3 is 0 Å². The number of hydrogen-bond acceptors (Lipinski definition) is 3. The van der Waals surface area contributed by atoms with E-state index in [0.717, 1.165) is 22.2 Å². The Morgan fingerprint density at radius 1 is 1.47 bits per heavy atom. The number of benzene rings is 1. The molecule has 0 saturated carbocycles. The second-order valence-corrected chi connectivity index (χ2v) is 4.89. The number of phenolic OH excluding ortho intramolecular Hbond substituents is 1. The minimum Gasteiger partial charge on any atom is -0.508 e. The highest BCUT2D eigenvalue weighted by Gasteiger charge is 2.06. The van der Waals surface area contributed by atoms with E-state index in [4.69, 9.17) is 11.6 Å². The number of aromatic hydroxyl groups is 1. The van der Waals surface area contributed by atoms with Crippen LogP contribution in [-0.2, 0) is 18.7 Å². The van der Waals surface area contributed by atoms with Crippen molar-refractivity contribution in [3.8, 4) is 5.75 Å². The molecule has 2 aromatic rings. The van der Waals surface area contributed by atoms with Gasteiger partial charge in [0.25, 0.3) is 0 Å². The van der Waals surface area contributed by atoms with E-state index in [9.17, 15) is 5.11 Å². The third-order valence-electron chi connectivity index (χ3n) is 2.46. The van der Waals surface area contributed by atoms with E-state index in [0.29, 0.717) is 11.6 Å². The zero-order valence-corrected chi connectivity index (χ0v) is 11.0. The summed E-state index contributed by atoms with van der Waals surface area (Å²) in [5.74, 6) is 1.54. The van der Waals surface area contributed by atoms with Crippen LogP contribution in [-0.4, -0.2) is 14.7 Å². The van der Waals surface area contributed by atoms with Gasteiger partial charge in [0.1, 0.15) is 5.75 Å². The van der Waals surface area contributed by atoms with E-state index in [1.54, 1.807) is 30.1 Å². The summed E-state index contributed by atoms with van der Waals surface area (Å²) in [6.07, 6.45) is 1.79. The van der Waals surface area contributed by atoms with Gasteiger partial charge in [0.15, 0.2) is 5.16 Å². The van der Waals surface area contributed by atoms with Crippen LogP contribution in [0.25, 0.3) is 0 Å². The topological polar surface area (TPSA) is 38.0 Å². The molecule has 0 aliphatic carbocycles. The van der Waals surface area contributed by atoms with Crippen molar-refractivity contribution < 1.29 is 5.11 Å². The highest BCUT2D eigenvalue weighted by molar-refractivity contribution is 7.98. The van der Waals surface area contributed by atoms with E-state index in [2.05, 4.69) is 4.98 Å². The SMILES string of the molecule is Cn1c(CCl)cnc1SCc1cccc(O)c1. The van der Waals surface area contributed by atoms with Crippen LogP contribution in [0.5, 0.6) is 5.75 Å². The molecule has 0 unspecified atom stereocenters. The summed E-state index contributed by atoms with van der Waals surface area (Å²) in [6, 6.07) is 7.25. The summed E-state index contributed by atoms with van der Waals surface area (Å²) in [5.41, 5.74) is 2.08. The Labute approximate surface area is 109 Å². The molecule has 3 nitrogen and oxygen atoms in total. The van der Waals surface area contributed by atoms with Gasteiger partial charge in [0, 0.05) is 12.8 Å². The van der Waals surface area contributed by atoms with Crippen molar-refractivity contribution in [2.24, 2.45) is 7.05 Å². The van der Waals surface area contributed by atoms with E-state index in [-0.39, 0.29) is 0 Å². The molecule has 0 atom stereocenters. The van der Waals surface area contributed by atoms with Crippen molar-refractivity contribution in [2.75, 3.05) is 0 Å². The van der Waals surface area contributed by atoms with Crippen molar-refractivity contribution >= 4 is 23.4 Å². The zero-order valence-electron chi connectivity index (χ0n) is 9.43. The molecule has 0 bridgehead atoms. The van der Waals surface area contributed by atoms with Gasteiger partial charge in [-0.25, -0.2) is 4.98 Å². The summed E-state index contributed by atoms with van der Waals surface area (Å²) in [5, 5.41) is 10.3. The molecule has 0 fully saturated rings. The summed E-state index contributed by atoms with van der Waals surface area (Å²) in [4.78, 5) is 4.30. The van der Waals surface area contributed by atoms with E-state index in [1.165, 1.54) is 0 Å². The molecule has 1 aromatic heterocycles. The summed E-state index contributed by atoms with van der Waals surface area (Å²) >= 11 is 7.41. The number of nitrogens with zero attached hydrogens (tertiary/aromatic N) is 2. The van der Waals surface area contributed by atoms with Gasteiger partial charge in [0.05, 0.1) is 17.8 Å². The smallest absolute Gasteiger partial charge is 0.168 e. The lowest BCUT2D eigenvalue weighted by Gasteiger charge is -2.04. The maximum Gasteiger partial charge on any atom is 0.168 e. The van der Waals surface area contributed by atoms with Crippen LogP contribution in [0.3, 0.4) is 0 Å². The Kier molecular flexibility index (Phi) is 3.97. The van der Waals surface area contributed by atoms with Gasteiger partial charge in [-0.05, 0) is 17.7 Å². The lowest BCUT2D eigenvalue weighted by atomic mass is 10.2. The van der Waals surface area contributed by atoms with Crippen LogP contribution in [0, 0.1) is 0 Å². The third-order valence-corrected chi connectivity index (χ3v) is 3.85. The number of hydrogen-bond donors (Lipinski definition) is 1. The molecule has 2 rings (SSSR count). The number of rotatable bonds is 4. The van der Waals surface area contributed by atoms with Crippen LogP contribution >= 0.6 is 23.4 Å². The fourth-order valence-electron chi connectivity index (χ4n) is 1.48. The molecule has 5 heteroatoms. The molecule has 1 heterocycles. The first-order valence-electron chi connectivity index (χ1n) is 5.18. The van der Waals surface area contributed by atoms with Gasteiger partial charge in [-0.3, -0.25) is 0 Å². The molecule has 0 aliphatic heterocycles. The lowest BCUT2D eigenvalue weighted by molar-refractivity contribution is 0.475. The van der Waals surface area contributed by atoms with E-state index >= 15 is 0 Å². The van der Waals surface area contributed by atoms with Gasteiger partial charge in [0.2, 0.25) is 0 Å². The average Bonchev–Trinajstić information content (AvgIpc) is 2.67. The fraction of sp³-hybridized carbons (Fsp3) is 0.250. The minimum absolute atomic E-state index is 0.296. The van der Waals surface area contributed by atoms with Crippen LogP contribution < -0.4 is 0 Å². The second-order valence-electron chi connectivity index (χ2n) is 3.68. The largest absolute Gasteiger partial charge is 0.508 e. The van der Waals surface area contributed by atoms with E-state index in [1.807, 2.05) is 23.7 Å². The predicted octanol–water partition coefficient (Wildman–Crippen LogP) is 3.16. The van der Waals surface area contributed by atoms with Crippen LogP contribution in [0.2, 0.25) is 0 Å². The molecular formula is C12H13ClN2OS. The number of aromatic nitrogens is 2. The van der Waals surface area contributed by atoms with Crippen LogP contribution in [0.4, 0.5) is 0 Å². The quantitative estimate of drug-likeness (QED) is 0.684. The number of imidazole rings is 1. The first-order chi connectivity index (χ1) is 8.20. The van der Waals surface area contributed by atoms with Gasteiger partial charge < -0.3 is 9.67 Å². The first-order valence-corrected chi connectivity index (χ1v) is 6.70. The minimum atomic E-state index is 0.296. The number of halogens is 1. The second kappa shape index (κ2) is 5.47. The van der Waals surface area contributed by atoms with Crippen molar-refractivity contribution in [3.05, 3.63) is 41.7 Å². The Hall–Kier alpha value is -1.13. The van der Waals surface area contributed by atoms with Crippen molar-refractivity contribution in [2.45, 2.75) is 16.8 Å². The van der Waals surface area contributed by atoms with Gasteiger partial charge in [-0.15, -0.1) is 11.6 Å². The molecule has 1 N–H and O–H groups in total. The summed E-state index contributed by atoms with van der Waals surface area (Å²) in [6.45, 7) is 0. The molecule has 0 amide bonds. The van der Waals surface area contributed by atoms with Crippen LogP contribution in [0.15, 0.2) is 35.6 Å². The van der Waals surface area contributed by atoms with E-state index < -0.39 is 0 Å². The van der Waals surface area contributed by atoms with Gasteiger partial charge in [-0.2, -0.15) is 0 Å². The third kappa shape index (κ3) is 2.96. The van der Waals surface area contributed by atoms with Crippen molar-refractivity contribution in [1.82, 2.24) is 9.55 Å². The number of phenols is 1. The highest BCUT2D eigenvalue weighted by atomic mass is 35.5. The summed E-state index contributed by atoms with van der Waals surface area (Å²) in [7, 11) is 1.95. The standard InChI is InChI=1S/C12H13ClN2OS/c1-15-10(6-13)7-14-12(15)17-8-9-3-2-4-11(16)5-9/h2-5,7,16H,6,8H2,1H3. The number of alkyl halides is 1. The first kappa shape index (κ1) is 12.3. The van der Waals surface area contributed by atoms with Crippen molar-refractivity contribution in [1.29, 1.82) is 0 Å². The fourth-order valence-corrected chi connectivity index (χ4v) is 2.64. The Bertz CT molecular complexity index is 513. The molecular weight excluding hydrogens is 256 g/mol. The maximum absolute atomic E-state index is 9.36. The highest BCUT2D eigenvalue weighted by Crippen LogP contribution is 2.24. The summed E-state index contributed by atoms with van der Waals surface area (Å²) < 4.78 is 1.99. The lowest BCUT2D eigenvalue weighted by Crippen LogP contribution is -1.95. The predicted molar refractivity (Wildman–Crippen MR) is 70.4 cm³/mol. The molecule has 1 aromatic carbocycles. The van der Waals surface area contributed by atoms with Crippen molar-refractivity contribution in [3.63, 3.8) is 0 Å². The molecule has 0 radical (unpaired) electrons. The van der Waals surface area contributed by atoms with Crippen LogP contribution in [0.1, 0.15) is 11.3 Å². The monoisotopic (exact) mass is 268 g/mol. The molecule has 0 spiro atoms.